The van der Waals surface area contributed by atoms with E-state index in [0.717, 1.165) is 28.8 Å². The summed E-state index contributed by atoms with van der Waals surface area (Å²) in [6, 6.07) is 8.16. The van der Waals surface area contributed by atoms with Gasteiger partial charge in [-0.15, -0.1) is 0 Å². The molecule has 18 heavy (non-hydrogen) atoms. The second-order valence-corrected chi connectivity index (χ2v) is 5.69. The summed E-state index contributed by atoms with van der Waals surface area (Å²) in [5, 5.41) is 18.5. The minimum Gasteiger partial charge on any atom is -0.396 e. The van der Waals surface area contributed by atoms with E-state index >= 15 is 0 Å². The molecule has 0 radical (unpaired) electrons. The number of fused-ring (bicyclic) bond motifs is 1. The number of aliphatic hydroxyl groups is 1. The normalized spacial score (nSPS) is 12.5. The number of hydrogen-bond donors (Lipinski definition) is 1. The molecule has 0 saturated heterocycles. The molecule has 0 amide bonds. The van der Waals surface area contributed by atoms with Gasteiger partial charge in [0, 0.05) is 30.0 Å². The first-order chi connectivity index (χ1) is 8.76. The minimum atomic E-state index is 0.219. The number of rotatable bonds is 5. The Kier molecular flexibility index (Phi) is 4.29. The first kappa shape index (κ1) is 13.0. The Bertz CT molecular complexity index is 571. The standard InChI is InChI=1S/C14H16N2OS/c1-11(5-7-17)18-10-12-9-16-6-3-2-4-14(16)13(12)8-15/h2-4,6,9,11,17H,5,7,10H2,1H3. The van der Waals surface area contributed by atoms with Gasteiger partial charge in [0.25, 0.3) is 0 Å². The molecule has 0 fully saturated rings. The van der Waals surface area contributed by atoms with Crippen LogP contribution in [0, 0.1) is 11.3 Å². The molecule has 2 aromatic heterocycles. The molecule has 2 aromatic rings. The van der Waals surface area contributed by atoms with Crippen LogP contribution >= 0.6 is 11.8 Å². The number of nitrogens with zero attached hydrogens (tertiary/aromatic N) is 2. The molecule has 3 nitrogen and oxygen atoms in total. The summed E-state index contributed by atoms with van der Waals surface area (Å²) in [7, 11) is 0. The zero-order valence-corrected chi connectivity index (χ0v) is 11.2. The predicted molar refractivity (Wildman–Crippen MR) is 74.6 cm³/mol. The SMILES string of the molecule is CC(CCO)SCc1cn2ccccc2c1C#N. The highest BCUT2D eigenvalue weighted by Crippen LogP contribution is 2.25. The highest BCUT2D eigenvalue weighted by atomic mass is 32.2. The summed E-state index contributed by atoms with van der Waals surface area (Å²) < 4.78 is 1.99. The first-order valence-electron chi connectivity index (χ1n) is 5.97. The van der Waals surface area contributed by atoms with E-state index in [0.29, 0.717) is 5.25 Å². The molecule has 4 heteroatoms. The van der Waals surface area contributed by atoms with E-state index in [1.54, 1.807) is 11.8 Å². The van der Waals surface area contributed by atoms with Crippen molar-refractivity contribution in [1.29, 1.82) is 5.26 Å². The fraction of sp³-hybridized carbons (Fsp3) is 0.357. The average Bonchev–Trinajstić information content (AvgIpc) is 2.74. The van der Waals surface area contributed by atoms with Gasteiger partial charge in [-0.3, -0.25) is 0 Å². The maximum absolute atomic E-state index is 9.26. The van der Waals surface area contributed by atoms with Crippen molar-refractivity contribution >= 4 is 17.3 Å². The molecule has 2 heterocycles. The van der Waals surface area contributed by atoms with Gasteiger partial charge in [0.2, 0.25) is 0 Å². The number of nitriles is 1. The molecule has 0 bridgehead atoms. The molecular weight excluding hydrogens is 244 g/mol. The van der Waals surface area contributed by atoms with Gasteiger partial charge in [0.15, 0.2) is 0 Å². The Labute approximate surface area is 111 Å². The third-order valence-corrected chi connectivity index (χ3v) is 4.22. The Morgan fingerprint density at radius 3 is 3.06 bits per heavy atom. The van der Waals surface area contributed by atoms with E-state index < -0.39 is 0 Å². The van der Waals surface area contributed by atoms with Gasteiger partial charge in [-0.25, -0.2) is 0 Å². The van der Waals surface area contributed by atoms with Gasteiger partial charge < -0.3 is 9.51 Å². The molecule has 94 valence electrons. The fourth-order valence-electron chi connectivity index (χ4n) is 1.91. The van der Waals surface area contributed by atoms with E-state index in [4.69, 9.17) is 5.11 Å². The Balaban J connectivity index is 2.20. The van der Waals surface area contributed by atoms with Gasteiger partial charge >= 0.3 is 0 Å². The second kappa shape index (κ2) is 5.94. The Morgan fingerprint density at radius 1 is 1.50 bits per heavy atom. The monoisotopic (exact) mass is 260 g/mol. The highest BCUT2D eigenvalue weighted by molar-refractivity contribution is 7.99. The van der Waals surface area contributed by atoms with Crippen LogP contribution in [0.1, 0.15) is 24.5 Å². The lowest BCUT2D eigenvalue weighted by Gasteiger charge is -2.08. The summed E-state index contributed by atoms with van der Waals surface area (Å²) in [5.74, 6) is 0.811. The molecule has 0 aliphatic rings. The van der Waals surface area contributed by atoms with E-state index in [1.807, 2.05) is 35.0 Å². The van der Waals surface area contributed by atoms with Crippen LogP contribution in [0.2, 0.25) is 0 Å². The second-order valence-electron chi connectivity index (χ2n) is 4.27. The number of thioether (sulfide) groups is 1. The van der Waals surface area contributed by atoms with Crippen LogP contribution in [0.15, 0.2) is 30.6 Å². The zero-order chi connectivity index (χ0) is 13.0. The number of aromatic nitrogens is 1. The molecule has 0 aliphatic heterocycles. The molecule has 2 rings (SSSR count). The van der Waals surface area contributed by atoms with Gasteiger partial charge in [0.05, 0.1) is 11.1 Å². The number of hydrogen-bond acceptors (Lipinski definition) is 3. The minimum absolute atomic E-state index is 0.219. The van der Waals surface area contributed by atoms with Crippen LogP contribution in [0.3, 0.4) is 0 Å². The summed E-state index contributed by atoms with van der Waals surface area (Å²) in [5.41, 5.74) is 2.79. The lowest BCUT2D eigenvalue weighted by molar-refractivity contribution is 0.289. The van der Waals surface area contributed by atoms with Crippen molar-refractivity contribution in [3.8, 4) is 6.07 Å². The quantitative estimate of drug-likeness (QED) is 0.899. The van der Waals surface area contributed by atoms with Crippen molar-refractivity contribution in [2.24, 2.45) is 0 Å². The number of aliphatic hydroxyl groups excluding tert-OH is 1. The number of pyridine rings is 1. The van der Waals surface area contributed by atoms with Gasteiger partial charge in [-0.05, 0) is 24.1 Å². The Hall–Kier alpha value is -1.44. The van der Waals surface area contributed by atoms with Crippen molar-refractivity contribution in [2.45, 2.75) is 24.3 Å². The maximum Gasteiger partial charge on any atom is 0.102 e. The molecule has 0 spiro atoms. The predicted octanol–water partition coefficient (Wildman–Crippen LogP) is 2.82. The van der Waals surface area contributed by atoms with Crippen molar-refractivity contribution in [2.75, 3.05) is 6.61 Å². The van der Waals surface area contributed by atoms with Crippen molar-refractivity contribution in [3.63, 3.8) is 0 Å². The smallest absolute Gasteiger partial charge is 0.102 e. The molecular formula is C14H16N2OS. The van der Waals surface area contributed by atoms with Gasteiger partial charge in [-0.2, -0.15) is 17.0 Å². The van der Waals surface area contributed by atoms with Crippen LogP contribution in [0.5, 0.6) is 0 Å². The fourth-order valence-corrected chi connectivity index (χ4v) is 2.87. The summed E-state index contributed by atoms with van der Waals surface area (Å²) >= 11 is 1.77. The topological polar surface area (TPSA) is 48.4 Å². The maximum atomic E-state index is 9.26. The molecule has 0 aromatic carbocycles. The lowest BCUT2D eigenvalue weighted by atomic mass is 10.2. The van der Waals surface area contributed by atoms with Crippen molar-refractivity contribution in [3.05, 3.63) is 41.7 Å². The van der Waals surface area contributed by atoms with Crippen LogP contribution < -0.4 is 0 Å². The van der Waals surface area contributed by atoms with Crippen LogP contribution in [0.4, 0.5) is 0 Å². The van der Waals surface area contributed by atoms with E-state index in [2.05, 4.69) is 13.0 Å². The summed E-state index contributed by atoms with van der Waals surface area (Å²) in [6.45, 7) is 2.32. The van der Waals surface area contributed by atoms with Crippen LogP contribution in [-0.4, -0.2) is 21.4 Å². The molecule has 1 N–H and O–H groups in total. The molecule has 1 unspecified atom stereocenters. The third-order valence-electron chi connectivity index (χ3n) is 2.93. The van der Waals surface area contributed by atoms with Crippen molar-refractivity contribution < 1.29 is 5.11 Å². The van der Waals surface area contributed by atoms with E-state index in [1.165, 1.54) is 0 Å². The molecule has 0 aliphatic carbocycles. The summed E-state index contributed by atoms with van der Waals surface area (Å²) in [4.78, 5) is 0. The third kappa shape index (κ3) is 2.69. The zero-order valence-electron chi connectivity index (χ0n) is 10.3. The lowest BCUT2D eigenvalue weighted by Crippen LogP contribution is -2.00. The highest BCUT2D eigenvalue weighted by Gasteiger charge is 2.11. The first-order valence-corrected chi connectivity index (χ1v) is 7.02. The van der Waals surface area contributed by atoms with Crippen molar-refractivity contribution in [1.82, 2.24) is 4.40 Å². The van der Waals surface area contributed by atoms with E-state index in [9.17, 15) is 5.26 Å². The Morgan fingerprint density at radius 2 is 2.33 bits per heavy atom. The average molecular weight is 260 g/mol. The van der Waals surface area contributed by atoms with Gasteiger partial charge in [-0.1, -0.05) is 13.0 Å². The largest absolute Gasteiger partial charge is 0.396 e. The van der Waals surface area contributed by atoms with Crippen LogP contribution in [-0.2, 0) is 5.75 Å². The van der Waals surface area contributed by atoms with E-state index in [-0.39, 0.29) is 6.61 Å². The van der Waals surface area contributed by atoms with Crippen LogP contribution in [0.25, 0.3) is 5.52 Å². The van der Waals surface area contributed by atoms with Gasteiger partial charge in [0.1, 0.15) is 6.07 Å². The summed E-state index contributed by atoms with van der Waals surface area (Å²) in [6.07, 6.45) is 4.77. The molecule has 1 atom stereocenters. The molecule has 0 saturated carbocycles.